The number of ether oxygens (including phenoxy) is 4. The summed E-state index contributed by atoms with van der Waals surface area (Å²) in [4.78, 5) is 97.9. The van der Waals surface area contributed by atoms with Crippen molar-refractivity contribution >= 4 is 64.0 Å². The lowest BCUT2D eigenvalue weighted by Gasteiger charge is -2.24. The second-order valence-electron chi connectivity index (χ2n) is 19.4. The van der Waals surface area contributed by atoms with Gasteiger partial charge in [0.2, 0.25) is 17.7 Å². The molecule has 1 aliphatic carbocycles. The van der Waals surface area contributed by atoms with Crippen LogP contribution in [0.15, 0.2) is 60.8 Å². The molecule has 1 aliphatic rings. The average Bonchev–Trinajstić information content (AvgIpc) is 3.83. The van der Waals surface area contributed by atoms with E-state index in [9.17, 15) is 38.4 Å². The van der Waals surface area contributed by atoms with E-state index in [-0.39, 0.29) is 61.5 Å². The number of allylic oxidation sites excluding steroid dienone is 1. The first-order valence-electron chi connectivity index (χ1n) is 23.3. The third-order valence-electron chi connectivity index (χ3n) is 9.79. The summed E-state index contributed by atoms with van der Waals surface area (Å²) >= 11 is 0. The second kappa shape index (κ2) is 27.5. The van der Waals surface area contributed by atoms with Gasteiger partial charge >= 0.3 is 29.8 Å². The molecular weight excluding hydrogens is 889 g/mol. The van der Waals surface area contributed by atoms with E-state index in [1.165, 1.54) is 19.4 Å². The number of carboxylic acids is 1. The van der Waals surface area contributed by atoms with E-state index in [2.05, 4.69) is 20.9 Å². The predicted octanol–water partition coefficient (Wildman–Crippen LogP) is 7.07. The molecule has 2 aromatic carbocycles. The van der Waals surface area contributed by atoms with E-state index >= 15 is 0 Å². The number of para-hydroxylation sites is 1. The largest absolute Gasteiger partial charge is 0.480 e. The van der Waals surface area contributed by atoms with Crippen LogP contribution in [-0.2, 0) is 70.1 Å². The first-order chi connectivity index (χ1) is 32.0. The number of hydrogen-bond acceptors (Lipinski definition) is 12. The quantitative estimate of drug-likeness (QED) is 0.0597. The fourth-order valence-corrected chi connectivity index (χ4v) is 6.87. The van der Waals surface area contributed by atoms with E-state index in [1.54, 1.807) is 61.6 Å². The lowest BCUT2D eigenvalue weighted by atomic mass is 10.00. The van der Waals surface area contributed by atoms with Gasteiger partial charge in [-0.1, -0.05) is 55.5 Å². The molecule has 0 aliphatic heterocycles. The number of carbonyl (C=O) groups is 8. The number of aliphatic carboxylic acids is 1. The van der Waals surface area contributed by atoms with Crippen LogP contribution in [0, 0.1) is 5.92 Å². The molecule has 1 aromatic heterocycles. The molecule has 17 heteroatoms. The fourth-order valence-electron chi connectivity index (χ4n) is 6.87. The Morgan fingerprint density at radius 1 is 0.652 bits per heavy atom. The van der Waals surface area contributed by atoms with Gasteiger partial charge in [-0.3, -0.25) is 28.8 Å². The zero-order chi connectivity index (χ0) is 52.2. The molecule has 0 spiro atoms. The third-order valence-corrected chi connectivity index (χ3v) is 9.79. The number of benzene rings is 2. The van der Waals surface area contributed by atoms with Gasteiger partial charge in [-0.25, -0.2) is 9.59 Å². The normalized spacial score (nSPS) is 13.6. The number of aromatic nitrogens is 1. The minimum Gasteiger partial charge on any atom is -0.480 e. The van der Waals surface area contributed by atoms with E-state index in [0.717, 1.165) is 34.0 Å². The molecule has 4 atom stereocenters. The fraction of sp³-hybridized carbons (Fsp3) is 0.538. The molecular formula is C52H74N4O13. The van der Waals surface area contributed by atoms with Crippen molar-refractivity contribution in [3.05, 3.63) is 77.5 Å². The van der Waals surface area contributed by atoms with Crippen LogP contribution in [-0.4, -0.2) is 99.2 Å². The maximum Gasteiger partial charge on any atom is 0.328 e. The smallest absolute Gasteiger partial charge is 0.328 e. The summed E-state index contributed by atoms with van der Waals surface area (Å²) in [5.41, 5.74) is 3.91. The topological polar surface area (TPSA) is 246 Å². The average molecular weight is 963 g/mol. The molecule has 69 heavy (non-hydrogen) atoms. The van der Waals surface area contributed by atoms with Gasteiger partial charge in [-0.15, -0.1) is 0 Å². The molecule has 0 saturated carbocycles. The summed E-state index contributed by atoms with van der Waals surface area (Å²) in [6, 6.07) is 12.7. The SMILES string of the molecule is CC(=O)N[C@@H](CC1=CCc2ccccc21)C(=O)O.CC(=O)N[C@@H](Cc1c[nH]c2ccccc12)C(=O)N[C@@H](CCC(=O)OC(C)(C)C)C(=O)OC(C)C.CC(C)OC(=O)[C@@H](C)CCC(=O)OC(C)(C)C. The van der Waals surface area contributed by atoms with Crippen molar-refractivity contribution in [1.29, 1.82) is 0 Å². The number of fused-ring (bicyclic) bond motifs is 2. The van der Waals surface area contributed by atoms with Gasteiger partial charge in [0.05, 0.1) is 18.1 Å². The summed E-state index contributed by atoms with van der Waals surface area (Å²) in [7, 11) is 0. The highest BCUT2D eigenvalue weighted by Crippen LogP contribution is 2.30. The van der Waals surface area contributed by atoms with Crippen molar-refractivity contribution in [3.63, 3.8) is 0 Å². The minimum atomic E-state index is -1.07. The number of nitrogens with one attached hydrogen (secondary N) is 4. The molecule has 380 valence electrons. The summed E-state index contributed by atoms with van der Waals surface area (Å²) in [5.74, 6) is -4.20. The Bertz CT molecular complexity index is 2260. The number of hydrogen-bond donors (Lipinski definition) is 5. The van der Waals surface area contributed by atoms with E-state index in [0.29, 0.717) is 12.8 Å². The molecule has 0 bridgehead atoms. The van der Waals surface area contributed by atoms with Crippen LogP contribution in [0.5, 0.6) is 0 Å². The van der Waals surface area contributed by atoms with Crippen LogP contribution in [0.1, 0.15) is 139 Å². The number of carboxylic acid groups (broad SMARTS) is 1. The van der Waals surface area contributed by atoms with E-state index < -0.39 is 59.2 Å². The summed E-state index contributed by atoms with van der Waals surface area (Å²) < 4.78 is 20.8. The Balaban J connectivity index is 0.000000392. The van der Waals surface area contributed by atoms with Crippen LogP contribution in [0.2, 0.25) is 0 Å². The van der Waals surface area contributed by atoms with Crippen LogP contribution in [0.25, 0.3) is 16.5 Å². The highest BCUT2D eigenvalue weighted by atomic mass is 16.6. The number of carbonyl (C=O) groups excluding carboxylic acids is 7. The Morgan fingerprint density at radius 3 is 1.72 bits per heavy atom. The first kappa shape index (κ1) is 58.6. The van der Waals surface area contributed by atoms with Crippen LogP contribution >= 0.6 is 0 Å². The number of H-pyrrole nitrogens is 1. The molecule has 4 rings (SSSR count). The zero-order valence-corrected chi connectivity index (χ0v) is 42.5. The highest BCUT2D eigenvalue weighted by Gasteiger charge is 2.30. The molecule has 0 saturated heterocycles. The van der Waals surface area contributed by atoms with Gasteiger partial charge in [0.15, 0.2) is 0 Å². The molecule has 1 heterocycles. The Morgan fingerprint density at radius 2 is 1.17 bits per heavy atom. The monoisotopic (exact) mass is 963 g/mol. The predicted molar refractivity (Wildman–Crippen MR) is 261 cm³/mol. The van der Waals surface area contributed by atoms with Crippen molar-refractivity contribution in [3.8, 4) is 0 Å². The Labute approximate surface area is 406 Å². The Hall–Kier alpha value is -6.52. The standard InChI is InChI=1S/C25H35N3O6.C14H15NO3.C13H24O4/c1-15(2)33-24(32)20(11-12-22(30)34-25(4,5)6)28-23(31)21(27-16(3)29)13-17-14-26-19-10-8-7-9-18(17)19;1-9(16)15-13(14(17)18)8-11-7-6-10-4-2-3-5-12(10)11;1-9(2)16-12(15)10(3)7-8-11(14)17-13(4,5)6/h7-10,14-15,20-21,26H,11-13H2,1-6H3,(H,27,29)(H,28,31);2-5,7,13H,6,8H2,1H3,(H,15,16)(H,17,18);9-10H,7-8H2,1-6H3/t20-,21-;13-;10-/m000/s1. The van der Waals surface area contributed by atoms with Crippen molar-refractivity contribution < 1.29 is 62.4 Å². The maximum absolute atomic E-state index is 13.2. The second-order valence-corrected chi connectivity index (χ2v) is 19.4. The molecule has 3 amide bonds. The molecule has 5 N–H and O–H groups in total. The molecule has 0 unspecified atom stereocenters. The zero-order valence-electron chi connectivity index (χ0n) is 42.5. The Kier molecular flexibility index (Phi) is 23.3. The number of rotatable bonds is 19. The lowest BCUT2D eigenvalue weighted by molar-refractivity contribution is -0.158. The van der Waals surface area contributed by atoms with Crippen molar-refractivity contribution in [2.45, 2.75) is 176 Å². The summed E-state index contributed by atoms with van der Waals surface area (Å²) in [6.45, 7) is 22.1. The van der Waals surface area contributed by atoms with Crippen molar-refractivity contribution in [1.82, 2.24) is 20.9 Å². The molecule has 0 fully saturated rings. The van der Waals surface area contributed by atoms with Gasteiger partial charge in [0, 0.05) is 56.6 Å². The number of amides is 3. The van der Waals surface area contributed by atoms with Gasteiger partial charge in [-0.05, 0) is 117 Å². The maximum atomic E-state index is 13.2. The molecule has 17 nitrogen and oxygen atoms in total. The van der Waals surface area contributed by atoms with Crippen molar-refractivity contribution in [2.24, 2.45) is 5.92 Å². The van der Waals surface area contributed by atoms with Crippen LogP contribution in [0.3, 0.4) is 0 Å². The van der Waals surface area contributed by atoms with Gasteiger partial charge < -0.3 is 45.0 Å². The van der Waals surface area contributed by atoms with Gasteiger partial charge in [0.25, 0.3) is 0 Å². The van der Waals surface area contributed by atoms with Crippen molar-refractivity contribution in [2.75, 3.05) is 0 Å². The van der Waals surface area contributed by atoms with Gasteiger partial charge in [0.1, 0.15) is 29.3 Å². The summed E-state index contributed by atoms with van der Waals surface area (Å²) in [6.07, 6.45) is 5.30. The molecule has 0 radical (unpaired) electrons. The van der Waals surface area contributed by atoms with Crippen LogP contribution in [0.4, 0.5) is 0 Å². The number of esters is 4. The first-order valence-corrected chi connectivity index (χ1v) is 23.3. The van der Waals surface area contributed by atoms with Crippen LogP contribution < -0.4 is 16.0 Å². The molecule has 3 aromatic rings. The lowest BCUT2D eigenvalue weighted by Crippen LogP contribution is -2.52. The highest BCUT2D eigenvalue weighted by molar-refractivity contribution is 5.92. The third kappa shape index (κ3) is 22.9. The van der Waals surface area contributed by atoms with E-state index in [1.807, 2.05) is 75.4 Å². The number of aromatic amines is 1. The minimum absolute atomic E-state index is 0.00604. The van der Waals surface area contributed by atoms with E-state index in [4.69, 9.17) is 24.1 Å². The van der Waals surface area contributed by atoms with Gasteiger partial charge in [-0.2, -0.15) is 0 Å². The summed E-state index contributed by atoms with van der Waals surface area (Å²) in [5, 5.41) is 17.8.